The summed E-state index contributed by atoms with van der Waals surface area (Å²) in [6.45, 7) is 0. The molecule has 0 saturated carbocycles. The van der Waals surface area contributed by atoms with E-state index in [4.69, 9.17) is 0 Å². The van der Waals surface area contributed by atoms with Crippen LogP contribution in [0.5, 0.6) is 5.88 Å². The van der Waals surface area contributed by atoms with Crippen LogP contribution in [-0.4, -0.2) is 16.0 Å². The Labute approximate surface area is 132 Å². The van der Waals surface area contributed by atoms with Crippen molar-refractivity contribution in [3.8, 4) is 5.88 Å². The van der Waals surface area contributed by atoms with Crippen LogP contribution in [0.25, 0.3) is 10.9 Å². The van der Waals surface area contributed by atoms with Gasteiger partial charge in [-0.3, -0.25) is 4.79 Å². The van der Waals surface area contributed by atoms with Gasteiger partial charge >= 0.3 is 0 Å². The summed E-state index contributed by atoms with van der Waals surface area (Å²) in [4.78, 5) is 14.6. The van der Waals surface area contributed by atoms with Gasteiger partial charge in [-0.15, -0.1) is 10.2 Å². The van der Waals surface area contributed by atoms with Gasteiger partial charge in [0.1, 0.15) is 5.82 Å². The highest BCUT2D eigenvalue weighted by molar-refractivity contribution is 9.10. The standard InChI is InChI=1S/C15H9BrFN3O2/c16-11-4-2-1-3-9(11)14(21)20-19-13-10-6-5-8(17)7-12(10)18-15(13)22/h1-7,18,22H. The Morgan fingerprint density at radius 3 is 2.77 bits per heavy atom. The van der Waals surface area contributed by atoms with E-state index in [-0.39, 0.29) is 11.6 Å². The fraction of sp³-hybridized carbons (Fsp3) is 0. The molecule has 0 atom stereocenters. The Balaban J connectivity index is 1.98. The number of hydrogen-bond acceptors (Lipinski definition) is 3. The quantitative estimate of drug-likeness (QED) is 0.649. The number of amides is 1. The third-order valence-corrected chi connectivity index (χ3v) is 3.75. The van der Waals surface area contributed by atoms with Crippen LogP contribution >= 0.6 is 15.9 Å². The Bertz CT molecular complexity index is 905. The number of fused-ring (bicyclic) bond motifs is 1. The molecule has 0 bridgehead atoms. The van der Waals surface area contributed by atoms with E-state index in [0.29, 0.717) is 20.9 Å². The number of carbonyl (C=O) groups excluding carboxylic acids is 1. The van der Waals surface area contributed by atoms with Gasteiger partial charge in [0.15, 0.2) is 5.69 Å². The van der Waals surface area contributed by atoms with Gasteiger partial charge in [-0.05, 0) is 46.3 Å². The first kappa shape index (κ1) is 14.4. The van der Waals surface area contributed by atoms with Gasteiger partial charge in [-0.2, -0.15) is 0 Å². The van der Waals surface area contributed by atoms with Gasteiger partial charge in [0.25, 0.3) is 5.91 Å². The molecule has 7 heteroatoms. The minimum atomic E-state index is -0.552. The number of carbonyl (C=O) groups is 1. The number of benzene rings is 2. The van der Waals surface area contributed by atoms with Crippen molar-refractivity contribution in [1.29, 1.82) is 0 Å². The molecule has 0 saturated heterocycles. The van der Waals surface area contributed by atoms with Crippen LogP contribution in [0.4, 0.5) is 10.1 Å². The second kappa shape index (κ2) is 5.69. The highest BCUT2D eigenvalue weighted by Gasteiger charge is 2.13. The van der Waals surface area contributed by atoms with E-state index in [9.17, 15) is 14.3 Å². The van der Waals surface area contributed by atoms with Crippen molar-refractivity contribution in [3.05, 3.63) is 58.3 Å². The monoisotopic (exact) mass is 361 g/mol. The normalized spacial score (nSPS) is 11.4. The van der Waals surface area contributed by atoms with Gasteiger partial charge in [-0.25, -0.2) is 4.39 Å². The Morgan fingerprint density at radius 2 is 2.00 bits per heavy atom. The van der Waals surface area contributed by atoms with E-state index in [1.807, 2.05) is 0 Å². The van der Waals surface area contributed by atoms with Crippen LogP contribution in [0.3, 0.4) is 0 Å². The predicted molar refractivity (Wildman–Crippen MR) is 82.9 cm³/mol. The summed E-state index contributed by atoms with van der Waals surface area (Å²) in [5.41, 5.74) is 0.826. The molecule has 110 valence electrons. The summed E-state index contributed by atoms with van der Waals surface area (Å²) in [5, 5.41) is 17.7. The molecule has 0 fully saturated rings. The number of nitrogens with zero attached hydrogens (tertiary/aromatic N) is 2. The maximum atomic E-state index is 13.1. The van der Waals surface area contributed by atoms with Crippen molar-refractivity contribution in [3.63, 3.8) is 0 Å². The molecule has 1 heterocycles. The van der Waals surface area contributed by atoms with E-state index >= 15 is 0 Å². The second-order valence-corrected chi connectivity index (χ2v) is 5.35. The number of H-pyrrole nitrogens is 1. The highest BCUT2D eigenvalue weighted by Crippen LogP contribution is 2.35. The minimum absolute atomic E-state index is 0.0930. The zero-order valence-corrected chi connectivity index (χ0v) is 12.6. The first-order valence-corrected chi connectivity index (χ1v) is 7.06. The summed E-state index contributed by atoms with van der Waals surface area (Å²) < 4.78 is 13.7. The smallest absolute Gasteiger partial charge is 0.296 e. The molecule has 0 aliphatic heterocycles. The maximum absolute atomic E-state index is 13.1. The molecule has 3 aromatic rings. The van der Waals surface area contributed by atoms with Crippen molar-refractivity contribution in [2.45, 2.75) is 0 Å². The first-order chi connectivity index (χ1) is 10.6. The van der Waals surface area contributed by atoms with Crippen molar-refractivity contribution < 1.29 is 14.3 Å². The first-order valence-electron chi connectivity index (χ1n) is 6.27. The molecule has 2 N–H and O–H groups in total. The molecular weight excluding hydrogens is 353 g/mol. The SMILES string of the molecule is O=C(N=Nc1c(O)[nH]c2cc(F)ccc12)c1ccccc1Br. The Hall–Kier alpha value is -2.54. The van der Waals surface area contributed by atoms with Gasteiger partial charge in [0.2, 0.25) is 5.88 Å². The predicted octanol–water partition coefficient (Wildman–Crippen LogP) is 4.70. The summed E-state index contributed by atoms with van der Waals surface area (Å²) in [6, 6.07) is 10.7. The number of aromatic hydroxyl groups is 1. The number of aromatic amines is 1. The zero-order chi connectivity index (χ0) is 15.7. The lowest BCUT2D eigenvalue weighted by molar-refractivity contribution is 0.0994. The zero-order valence-electron chi connectivity index (χ0n) is 11.0. The maximum Gasteiger partial charge on any atom is 0.296 e. The van der Waals surface area contributed by atoms with E-state index < -0.39 is 11.7 Å². The average molecular weight is 362 g/mol. The summed E-state index contributed by atoms with van der Waals surface area (Å²) in [6.07, 6.45) is 0. The lowest BCUT2D eigenvalue weighted by Gasteiger charge is -1.97. The molecule has 2 aromatic carbocycles. The van der Waals surface area contributed by atoms with Crippen LogP contribution < -0.4 is 0 Å². The van der Waals surface area contributed by atoms with Crippen molar-refractivity contribution in [1.82, 2.24) is 4.98 Å². The molecule has 0 radical (unpaired) electrons. The largest absolute Gasteiger partial charge is 0.493 e. The van der Waals surface area contributed by atoms with Gasteiger partial charge < -0.3 is 10.1 Å². The second-order valence-electron chi connectivity index (χ2n) is 4.50. The molecule has 1 amide bonds. The van der Waals surface area contributed by atoms with E-state index in [1.165, 1.54) is 18.2 Å². The van der Waals surface area contributed by atoms with E-state index in [0.717, 1.165) is 0 Å². The number of hydrogen-bond donors (Lipinski definition) is 2. The minimum Gasteiger partial charge on any atom is -0.493 e. The molecule has 0 aliphatic rings. The molecule has 0 unspecified atom stereocenters. The fourth-order valence-corrected chi connectivity index (χ4v) is 2.48. The topological polar surface area (TPSA) is 77.8 Å². The fourth-order valence-electron chi connectivity index (χ4n) is 2.03. The highest BCUT2D eigenvalue weighted by atomic mass is 79.9. The van der Waals surface area contributed by atoms with Crippen LogP contribution in [0.2, 0.25) is 0 Å². The van der Waals surface area contributed by atoms with Gasteiger partial charge in [0, 0.05) is 9.86 Å². The van der Waals surface area contributed by atoms with Crippen LogP contribution in [0, 0.1) is 5.82 Å². The van der Waals surface area contributed by atoms with Crippen LogP contribution in [0.1, 0.15) is 10.4 Å². The third-order valence-electron chi connectivity index (χ3n) is 3.06. The molecule has 3 rings (SSSR count). The third kappa shape index (κ3) is 2.62. The molecule has 0 spiro atoms. The van der Waals surface area contributed by atoms with Gasteiger partial charge in [-0.1, -0.05) is 12.1 Å². The Morgan fingerprint density at radius 1 is 1.23 bits per heavy atom. The van der Waals surface area contributed by atoms with Crippen molar-refractivity contribution in [2.75, 3.05) is 0 Å². The summed E-state index contributed by atoms with van der Waals surface area (Å²) in [5.74, 6) is -1.27. The molecular formula is C15H9BrFN3O2. The number of halogens is 2. The lowest BCUT2D eigenvalue weighted by atomic mass is 10.2. The molecule has 0 aliphatic carbocycles. The number of nitrogens with one attached hydrogen (secondary N) is 1. The number of rotatable bonds is 2. The summed E-state index contributed by atoms with van der Waals surface area (Å²) in [7, 11) is 0. The van der Waals surface area contributed by atoms with Crippen molar-refractivity contribution >= 4 is 38.4 Å². The van der Waals surface area contributed by atoms with Crippen molar-refractivity contribution in [2.24, 2.45) is 10.2 Å². The van der Waals surface area contributed by atoms with Crippen LogP contribution in [0.15, 0.2) is 57.2 Å². The van der Waals surface area contributed by atoms with E-state index in [2.05, 4.69) is 31.1 Å². The van der Waals surface area contributed by atoms with Gasteiger partial charge in [0.05, 0.1) is 11.1 Å². The number of aromatic nitrogens is 1. The number of azo groups is 1. The molecule has 5 nitrogen and oxygen atoms in total. The molecule has 1 aromatic heterocycles. The summed E-state index contributed by atoms with van der Waals surface area (Å²) >= 11 is 3.26. The Kier molecular flexibility index (Phi) is 3.72. The lowest BCUT2D eigenvalue weighted by Crippen LogP contribution is -1.94. The average Bonchev–Trinajstić information content (AvgIpc) is 2.79. The van der Waals surface area contributed by atoms with E-state index in [1.54, 1.807) is 24.3 Å². The molecule has 22 heavy (non-hydrogen) atoms. The van der Waals surface area contributed by atoms with Crippen LogP contribution in [-0.2, 0) is 0 Å².